The lowest BCUT2D eigenvalue weighted by atomic mass is 9.70. The van der Waals surface area contributed by atoms with Crippen molar-refractivity contribution in [2.24, 2.45) is 0 Å². The van der Waals surface area contributed by atoms with Crippen LogP contribution in [0.2, 0.25) is 10.0 Å². The first-order valence-corrected chi connectivity index (χ1v) is 11.8. The summed E-state index contributed by atoms with van der Waals surface area (Å²) in [6, 6.07) is 11.5. The predicted octanol–water partition coefficient (Wildman–Crippen LogP) is 4.86. The Morgan fingerprint density at radius 2 is 1.84 bits per heavy atom. The van der Waals surface area contributed by atoms with Gasteiger partial charge in [-0.1, -0.05) is 23.2 Å². The summed E-state index contributed by atoms with van der Waals surface area (Å²) in [5, 5.41) is 13.4. The molecule has 0 aliphatic carbocycles. The van der Waals surface area contributed by atoms with Gasteiger partial charge in [0.1, 0.15) is 17.1 Å². The van der Waals surface area contributed by atoms with Gasteiger partial charge < -0.3 is 20.1 Å². The van der Waals surface area contributed by atoms with Crippen LogP contribution in [0, 0.1) is 5.82 Å². The Morgan fingerprint density at radius 3 is 2.54 bits per heavy atom. The van der Waals surface area contributed by atoms with Crippen molar-refractivity contribution in [3.05, 3.63) is 87.2 Å². The number of aliphatic hydroxyl groups is 1. The molecule has 0 radical (unpaired) electrons. The van der Waals surface area contributed by atoms with E-state index in [1.165, 1.54) is 49.6 Å². The monoisotopic (exact) mass is 550 g/mol. The number of fused-ring (bicyclic) bond motifs is 1. The number of benzene rings is 3. The Kier molecular flexibility index (Phi) is 7.20. The number of rotatable bonds is 4. The van der Waals surface area contributed by atoms with Gasteiger partial charge in [-0.05, 0) is 54.6 Å². The molecule has 1 unspecified atom stereocenters. The van der Waals surface area contributed by atoms with Gasteiger partial charge in [-0.2, -0.15) is 0 Å². The molecule has 2 N–H and O–H groups in total. The largest absolute Gasteiger partial charge is 0.495 e. The van der Waals surface area contributed by atoms with Gasteiger partial charge in [0.2, 0.25) is 0 Å². The molecular weight excluding hydrogens is 531 g/mol. The van der Waals surface area contributed by atoms with Gasteiger partial charge in [0.15, 0.2) is 7.85 Å². The van der Waals surface area contributed by atoms with E-state index in [1.54, 1.807) is 0 Å². The molecule has 0 bridgehead atoms. The van der Waals surface area contributed by atoms with Crippen LogP contribution in [0.25, 0.3) is 0 Å². The van der Waals surface area contributed by atoms with Crippen LogP contribution in [-0.4, -0.2) is 44.3 Å². The normalized spacial score (nSPS) is 18.5. The fourth-order valence-corrected chi connectivity index (χ4v) is 4.48. The molecule has 2 amide bonds. The Bertz CT molecular complexity index is 1400. The topological polar surface area (TPSA) is 78.9 Å². The maximum Gasteiger partial charge on any atom is 0.274 e. The van der Waals surface area contributed by atoms with Gasteiger partial charge in [0.25, 0.3) is 17.7 Å². The van der Waals surface area contributed by atoms with E-state index in [0.29, 0.717) is 0 Å². The molecule has 0 saturated carbocycles. The van der Waals surface area contributed by atoms with Gasteiger partial charge in [-0.25, -0.2) is 13.2 Å². The number of amides is 2. The zero-order valence-corrected chi connectivity index (χ0v) is 21.1. The number of anilines is 2. The van der Waals surface area contributed by atoms with E-state index in [2.05, 4.69) is 5.32 Å². The number of nitrogens with zero attached hydrogens (tertiary/aromatic N) is 1. The third kappa shape index (κ3) is 5.01. The molecule has 0 aromatic heterocycles. The second kappa shape index (κ2) is 9.93. The van der Waals surface area contributed by atoms with Crippen molar-refractivity contribution >= 4 is 54.2 Å². The number of ether oxygens (including phenoxy) is 1. The number of hydrogen-bond donors (Lipinski definition) is 2. The highest BCUT2D eigenvalue weighted by Crippen LogP contribution is 2.46. The molecular formula is C25H20BCl2F3N2O4. The van der Waals surface area contributed by atoms with Crippen molar-refractivity contribution in [1.29, 1.82) is 0 Å². The Hall–Kier alpha value is -3.21. The highest BCUT2D eigenvalue weighted by Gasteiger charge is 2.53. The second-order valence-electron chi connectivity index (χ2n) is 8.64. The van der Waals surface area contributed by atoms with Gasteiger partial charge >= 0.3 is 0 Å². The lowest BCUT2D eigenvalue weighted by Gasteiger charge is -2.32. The van der Waals surface area contributed by atoms with Gasteiger partial charge in [0.05, 0.1) is 23.4 Å². The van der Waals surface area contributed by atoms with Crippen molar-refractivity contribution < 1.29 is 32.6 Å². The lowest BCUT2D eigenvalue weighted by molar-refractivity contribution is -0.140. The van der Waals surface area contributed by atoms with Crippen LogP contribution >= 0.6 is 23.2 Å². The van der Waals surface area contributed by atoms with Crippen LogP contribution < -0.4 is 15.0 Å². The summed E-state index contributed by atoms with van der Waals surface area (Å²) >= 11 is 12.0. The lowest BCUT2D eigenvalue weighted by Crippen LogP contribution is -2.45. The SMILES string of the molecule is BC1(O)c2cc(Cl)ccc2N(C(=O)c2ccc(NC(=O)c3cc(F)ccc3Cl)c(OC)c2)CCC1(F)F. The van der Waals surface area contributed by atoms with E-state index in [0.717, 1.165) is 24.9 Å². The summed E-state index contributed by atoms with van der Waals surface area (Å²) in [7, 11) is 2.30. The third-order valence-electron chi connectivity index (χ3n) is 6.25. The second-order valence-corrected chi connectivity index (χ2v) is 9.48. The highest BCUT2D eigenvalue weighted by molar-refractivity contribution is 6.34. The number of carbonyl (C=O) groups excluding carboxylic acids is 2. The van der Waals surface area contributed by atoms with Crippen molar-refractivity contribution in [1.82, 2.24) is 0 Å². The van der Waals surface area contributed by atoms with Gasteiger partial charge in [-0.3, -0.25) is 9.59 Å². The maximum absolute atomic E-state index is 14.9. The number of carbonyl (C=O) groups is 2. The molecule has 4 rings (SSSR count). The molecule has 3 aromatic carbocycles. The van der Waals surface area contributed by atoms with Crippen LogP contribution in [0.4, 0.5) is 24.5 Å². The summed E-state index contributed by atoms with van der Waals surface area (Å²) in [4.78, 5) is 27.3. The quantitative estimate of drug-likeness (QED) is 0.455. The Balaban J connectivity index is 1.68. The molecule has 1 heterocycles. The number of nitrogens with one attached hydrogen (secondary N) is 1. The number of methoxy groups -OCH3 is 1. The molecule has 6 nitrogen and oxygen atoms in total. The van der Waals surface area contributed by atoms with E-state index < -0.39 is 35.5 Å². The number of hydrogen-bond acceptors (Lipinski definition) is 4. The number of halogens is 5. The summed E-state index contributed by atoms with van der Waals surface area (Å²) in [5.41, 5.74) is -2.51. The van der Waals surface area contributed by atoms with Crippen molar-refractivity contribution in [3.63, 3.8) is 0 Å². The van der Waals surface area contributed by atoms with Crippen LogP contribution in [0.3, 0.4) is 0 Å². The smallest absolute Gasteiger partial charge is 0.274 e. The van der Waals surface area contributed by atoms with E-state index in [1.807, 2.05) is 0 Å². The molecule has 3 aromatic rings. The minimum atomic E-state index is -3.54. The Labute approximate surface area is 221 Å². The molecule has 192 valence electrons. The fourth-order valence-electron chi connectivity index (χ4n) is 4.10. The molecule has 1 aliphatic heterocycles. The highest BCUT2D eigenvalue weighted by atomic mass is 35.5. The molecule has 0 fully saturated rings. The van der Waals surface area contributed by atoms with Crippen molar-refractivity contribution in [2.75, 3.05) is 23.9 Å². The minimum absolute atomic E-state index is 0.0392. The van der Waals surface area contributed by atoms with Crippen LogP contribution in [0.15, 0.2) is 54.6 Å². The van der Waals surface area contributed by atoms with E-state index >= 15 is 0 Å². The van der Waals surface area contributed by atoms with E-state index in [4.69, 9.17) is 27.9 Å². The van der Waals surface area contributed by atoms with Crippen LogP contribution in [0.5, 0.6) is 5.75 Å². The summed E-state index contributed by atoms with van der Waals surface area (Å²) < 4.78 is 48.6. The zero-order valence-electron chi connectivity index (χ0n) is 19.6. The van der Waals surface area contributed by atoms with E-state index in [-0.39, 0.29) is 50.4 Å². The average Bonchev–Trinajstić information content (AvgIpc) is 2.92. The van der Waals surface area contributed by atoms with Crippen LogP contribution in [0.1, 0.15) is 32.7 Å². The molecule has 37 heavy (non-hydrogen) atoms. The first-order valence-electron chi connectivity index (χ1n) is 11.0. The summed E-state index contributed by atoms with van der Waals surface area (Å²) in [5.74, 6) is -5.43. The van der Waals surface area contributed by atoms with Crippen molar-refractivity contribution in [2.45, 2.75) is 17.8 Å². The fraction of sp³-hybridized carbons (Fsp3) is 0.200. The molecule has 0 saturated heterocycles. The average molecular weight is 551 g/mol. The third-order valence-corrected chi connectivity index (χ3v) is 6.82. The minimum Gasteiger partial charge on any atom is -0.495 e. The standard InChI is InChI=1S/C25H20BCl2F3N2O4/c1-37-21-10-13(2-6-19(21)32-22(34)16-12-15(29)4-5-18(16)28)23(35)33-9-8-24(30,31)25(26,36)17-11-14(27)3-7-20(17)33/h2-7,10-12,36H,8-9,26H2,1H3,(H,32,34). The first-order chi connectivity index (χ1) is 17.4. The van der Waals surface area contributed by atoms with Gasteiger partial charge in [0, 0.05) is 34.8 Å². The molecule has 0 spiro atoms. The first kappa shape index (κ1) is 26.8. The molecule has 1 atom stereocenters. The zero-order chi connectivity index (χ0) is 27.1. The summed E-state index contributed by atoms with van der Waals surface area (Å²) in [6.07, 6.45) is -0.794. The van der Waals surface area contributed by atoms with Crippen molar-refractivity contribution in [3.8, 4) is 5.75 Å². The Morgan fingerprint density at radius 1 is 1.11 bits per heavy atom. The summed E-state index contributed by atoms with van der Waals surface area (Å²) in [6.45, 7) is -0.379. The van der Waals surface area contributed by atoms with Gasteiger partial charge in [-0.15, -0.1) is 0 Å². The molecule has 1 aliphatic rings. The number of alkyl halides is 2. The van der Waals surface area contributed by atoms with Crippen LogP contribution in [-0.2, 0) is 5.50 Å². The predicted molar refractivity (Wildman–Crippen MR) is 137 cm³/mol. The molecule has 12 heteroatoms. The van der Waals surface area contributed by atoms with E-state index in [9.17, 15) is 27.9 Å². The maximum atomic E-state index is 14.9.